The van der Waals surface area contributed by atoms with E-state index in [9.17, 15) is 4.79 Å². The number of unbranched alkanes of at least 4 members (excludes halogenated alkanes) is 1. The zero-order chi connectivity index (χ0) is 24.6. The van der Waals surface area contributed by atoms with E-state index in [4.69, 9.17) is 14.5 Å². The van der Waals surface area contributed by atoms with E-state index < -0.39 is 5.60 Å². The van der Waals surface area contributed by atoms with Gasteiger partial charge in [0.15, 0.2) is 5.60 Å². The smallest absolute Gasteiger partial charge is 0.340 e. The van der Waals surface area contributed by atoms with Gasteiger partial charge in [-0.25, -0.2) is 4.79 Å². The van der Waals surface area contributed by atoms with E-state index in [1.165, 1.54) is 0 Å². The molecule has 0 bridgehead atoms. The fourth-order valence-electron chi connectivity index (χ4n) is 5.81. The third-order valence-electron chi connectivity index (χ3n) is 7.68. The normalized spacial score (nSPS) is 22.6. The van der Waals surface area contributed by atoms with Crippen molar-refractivity contribution in [3.8, 4) is 5.75 Å². The summed E-state index contributed by atoms with van der Waals surface area (Å²) in [6.45, 7) is 10.5. The van der Waals surface area contributed by atoms with E-state index in [1.807, 2.05) is 24.3 Å². The summed E-state index contributed by atoms with van der Waals surface area (Å²) < 4.78 is 13.2. The summed E-state index contributed by atoms with van der Waals surface area (Å²) in [5, 5.41) is 0. The van der Waals surface area contributed by atoms with Crippen LogP contribution in [0.4, 0.5) is 5.69 Å². The summed E-state index contributed by atoms with van der Waals surface area (Å²) in [6.07, 6.45) is 5.66. The van der Waals surface area contributed by atoms with Crippen molar-refractivity contribution in [2.45, 2.75) is 77.9 Å². The lowest BCUT2D eigenvalue weighted by Gasteiger charge is -2.39. The summed E-state index contributed by atoms with van der Waals surface area (Å²) in [4.78, 5) is 20.9. The molecule has 0 fully saturated rings. The molecule has 0 aliphatic carbocycles. The van der Waals surface area contributed by atoms with Gasteiger partial charge in [-0.05, 0) is 57.7 Å². The monoisotopic (exact) mass is 472 g/mol. The summed E-state index contributed by atoms with van der Waals surface area (Å²) in [7, 11) is 0. The van der Waals surface area contributed by atoms with Crippen molar-refractivity contribution < 1.29 is 14.3 Å². The van der Waals surface area contributed by atoms with Crippen LogP contribution < -0.4 is 9.64 Å². The number of benzene rings is 2. The van der Waals surface area contributed by atoms with Gasteiger partial charge in [-0.2, -0.15) is 0 Å². The van der Waals surface area contributed by atoms with E-state index in [1.54, 1.807) is 0 Å². The molecule has 35 heavy (non-hydrogen) atoms. The van der Waals surface area contributed by atoms with Crippen molar-refractivity contribution >= 4 is 17.4 Å². The lowest BCUT2D eigenvalue weighted by Crippen LogP contribution is -2.39. The lowest BCUT2D eigenvalue weighted by molar-refractivity contribution is 0.0220. The van der Waals surface area contributed by atoms with E-state index >= 15 is 0 Å². The SMILES string of the molecule is CCCCC1=NC(CC)CCC2=C1C1(OC(=O)c3ccccc31)c1ccc(N(CC)CC)cc1O2. The Morgan fingerprint density at radius 3 is 2.60 bits per heavy atom. The minimum atomic E-state index is -1.02. The number of hydrogen-bond acceptors (Lipinski definition) is 5. The van der Waals surface area contributed by atoms with Crippen LogP contribution in [0.15, 0.2) is 58.8 Å². The number of aliphatic imine (C=N–C) groups is 1. The van der Waals surface area contributed by atoms with Crippen molar-refractivity contribution in [1.82, 2.24) is 0 Å². The Bertz CT molecular complexity index is 1190. The highest BCUT2D eigenvalue weighted by Gasteiger charge is 2.56. The Morgan fingerprint density at radius 2 is 1.86 bits per heavy atom. The van der Waals surface area contributed by atoms with Gasteiger partial charge in [0.2, 0.25) is 0 Å². The molecule has 0 N–H and O–H groups in total. The van der Waals surface area contributed by atoms with Crippen LogP contribution in [0.25, 0.3) is 0 Å². The van der Waals surface area contributed by atoms with Gasteiger partial charge in [0.25, 0.3) is 0 Å². The molecule has 5 nitrogen and oxygen atoms in total. The van der Waals surface area contributed by atoms with Gasteiger partial charge in [-0.15, -0.1) is 0 Å². The molecule has 5 heteroatoms. The average molecular weight is 473 g/mol. The molecule has 0 aromatic heterocycles. The maximum absolute atomic E-state index is 13.3. The first-order valence-electron chi connectivity index (χ1n) is 13.3. The van der Waals surface area contributed by atoms with Gasteiger partial charge in [-0.3, -0.25) is 4.99 Å². The minimum Gasteiger partial charge on any atom is -0.461 e. The Balaban J connectivity index is 1.78. The van der Waals surface area contributed by atoms with E-state index in [0.717, 1.165) is 91.2 Å². The van der Waals surface area contributed by atoms with Crippen molar-refractivity contribution in [3.05, 3.63) is 70.5 Å². The standard InChI is InChI=1S/C30H36N2O3/c1-5-9-14-25-28-26(18-15-20(6-2)31-25)34-27-19-21(32(7-3)8-4)16-17-24(27)30(28)23-13-11-10-12-22(23)29(33)35-30/h10-13,16-17,19-20H,5-9,14-15,18H2,1-4H3. The second-order valence-electron chi connectivity index (χ2n) is 9.65. The highest BCUT2D eigenvalue weighted by Crippen LogP contribution is 2.55. The van der Waals surface area contributed by atoms with E-state index in [-0.39, 0.29) is 12.0 Å². The molecule has 0 saturated carbocycles. The minimum absolute atomic E-state index is 0.245. The van der Waals surface area contributed by atoms with Gasteiger partial charge in [0.1, 0.15) is 11.5 Å². The molecular weight excluding hydrogens is 436 g/mol. The number of esters is 1. The van der Waals surface area contributed by atoms with Crippen LogP contribution in [0.2, 0.25) is 0 Å². The van der Waals surface area contributed by atoms with Crippen molar-refractivity contribution in [2.75, 3.05) is 18.0 Å². The molecule has 0 radical (unpaired) electrons. The van der Waals surface area contributed by atoms with Crippen LogP contribution in [-0.2, 0) is 10.3 Å². The molecule has 0 amide bonds. The van der Waals surface area contributed by atoms with Crippen LogP contribution in [0.3, 0.4) is 0 Å². The predicted octanol–water partition coefficient (Wildman–Crippen LogP) is 6.80. The second-order valence-corrected chi connectivity index (χ2v) is 9.65. The van der Waals surface area contributed by atoms with Crippen LogP contribution in [0, 0.1) is 0 Å². The largest absolute Gasteiger partial charge is 0.461 e. The summed E-state index contributed by atoms with van der Waals surface area (Å²) in [6, 6.07) is 14.4. The summed E-state index contributed by atoms with van der Waals surface area (Å²) >= 11 is 0. The molecule has 184 valence electrons. The number of hydrogen-bond donors (Lipinski definition) is 0. The van der Waals surface area contributed by atoms with Crippen LogP contribution >= 0.6 is 0 Å². The first-order valence-corrected chi connectivity index (χ1v) is 13.3. The lowest BCUT2D eigenvalue weighted by atomic mass is 9.74. The molecular formula is C30H36N2O3. The maximum Gasteiger partial charge on any atom is 0.340 e. The quantitative estimate of drug-likeness (QED) is 0.416. The van der Waals surface area contributed by atoms with E-state index in [0.29, 0.717) is 5.56 Å². The molecule has 3 heterocycles. The molecule has 2 aromatic carbocycles. The zero-order valence-electron chi connectivity index (χ0n) is 21.4. The first kappa shape index (κ1) is 23.7. The third kappa shape index (κ3) is 3.76. The number of rotatable bonds is 7. The van der Waals surface area contributed by atoms with Crippen LogP contribution in [-0.4, -0.2) is 30.8 Å². The molecule has 5 rings (SSSR count). The van der Waals surface area contributed by atoms with Crippen molar-refractivity contribution in [2.24, 2.45) is 4.99 Å². The van der Waals surface area contributed by atoms with Gasteiger partial charge < -0.3 is 14.4 Å². The van der Waals surface area contributed by atoms with Gasteiger partial charge in [0.05, 0.1) is 17.2 Å². The number of allylic oxidation sites excluding steroid dienone is 1. The molecule has 3 aliphatic rings. The van der Waals surface area contributed by atoms with Gasteiger partial charge in [-0.1, -0.05) is 38.5 Å². The first-order chi connectivity index (χ1) is 17.1. The van der Waals surface area contributed by atoms with Crippen LogP contribution in [0.1, 0.15) is 87.7 Å². The fourth-order valence-corrected chi connectivity index (χ4v) is 5.81. The number of fused-ring (bicyclic) bond motifs is 5. The highest BCUT2D eigenvalue weighted by atomic mass is 16.6. The predicted molar refractivity (Wildman–Crippen MR) is 141 cm³/mol. The number of nitrogens with zero attached hydrogens (tertiary/aromatic N) is 2. The maximum atomic E-state index is 13.3. The number of carbonyl (C=O) groups excluding carboxylic acids is 1. The third-order valence-corrected chi connectivity index (χ3v) is 7.68. The van der Waals surface area contributed by atoms with Gasteiger partial charge in [0, 0.05) is 48.1 Å². The Labute approximate surface area is 208 Å². The molecule has 2 unspecified atom stereocenters. The number of ether oxygens (including phenoxy) is 2. The van der Waals surface area contributed by atoms with Crippen molar-refractivity contribution in [3.63, 3.8) is 0 Å². The molecule has 3 aliphatic heterocycles. The fraction of sp³-hybridized carbons (Fsp3) is 0.467. The Kier molecular flexibility index (Phi) is 6.43. The highest BCUT2D eigenvalue weighted by molar-refractivity contribution is 6.07. The summed E-state index contributed by atoms with van der Waals surface area (Å²) in [5.41, 5.74) is 4.52. The molecule has 1 spiro atoms. The van der Waals surface area contributed by atoms with E-state index in [2.05, 4.69) is 50.8 Å². The van der Waals surface area contributed by atoms with Gasteiger partial charge >= 0.3 is 5.97 Å². The summed E-state index contributed by atoms with van der Waals surface area (Å²) in [5.74, 6) is 1.41. The van der Waals surface area contributed by atoms with Crippen molar-refractivity contribution in [1.29, 1.82) is 0 Å². The number of anilines is 1. The molecule has 2 atom stereocenters. The van der Waals surface area contributed by atoms with Crippen LogP contribution in [0.5, 0.6) is 5.75 Å². The Morgan fingerprint density at radius 1 is 1.06 bits per heavy atom. The molecule has 2 aromatic rings. The Hall–Kier alpha value is -3.08. The second kappa shape index (κ2) is 9.52. The zero-order valence-corrected chi connectivity index (χ0v) is 21.4. The number of carbonyl (C=O) groups is 1. The topological polar surface area (TPSA) is 51.1 Å². The average Bonchev–Trinajstić information content (AvgIpc) is 3.04. The molecule has 0 saturated heterocycles.